The van der Waals surface area contributed by atoms with Gasteiger partial charge in [-0.25, -0.2) is 12.7 Å². The van der Waals surface area contributed by atoms with Gasteiger partial charge in [0.25, 0.3) is 5.89 Å². The summed E-state index contributed by atoms with van der Waals surface area (Å²) >= 11 is 0. The quantitative estimate of drug-likeness (QED) is 0.591. The molecule has 2 aromatic heterocycles. The van der Waals surface area contributed by atoms with E-state index in [2.05, 4.69) is 15.1 Å². The number of rotatable bonds is 7. The van der Waals surface area contributed by atoms with E-state index in [9.17, 15) is 8.42 Å². The fraction of sp³-hybridized carbons (Fsp3) is 0.381. The topological polar surface area (TPSA) is 89.2 Å². The van der Waals surface area contributed by atoms with Crippen LogP contribution in [0, 0.1) is 5.92 Å². The molecule has 152 valence electrons. The highest BCUT2D eigenvalue weighted by Crippen LogP contribution is 2.25. The molecule has 1 fully saturated rings. The average molecular weight is 413 g/mol. The van der Waals surface area contributed by atoms with Crippen LogP contribution in [0.1, 0.15) is 30.7 Å². The van der Waals surface area contributed by atoms with Gasteiger partial charge in [-0.15, -0.1) is 0 Å². The summed E-state index contributed by atoms with van der Waals surface area (Å²) in [6, 6.07) is 13.0. The summed E-state index contributed by atoms with van der Waals surface area (Å²) in [4.78, 5) is 8.44. The zero-order chi connectivity index (χ0) is 20.1. The summed E-state index contributed by atoms with van der Waals surface area (Å²) in [6.45, 7) is 1.16. The maximum absolute atomic E-state index is 12.8. The molecule has 0 saturated carbocycles. The fourth-order valence-electron chi connectivity index (χ4n) is 3.69. The van der Waals surface area contributed by atoms with Crippen LogP contribution in [-0.4, -0.2) is 40.9 Å². The highest BCUT2D eigenvalue weighted by Gasteiger charge is 2.29. The smallest absolute Gasteiger partial charge is 0.258 e. The van der Waals surface area contributed by atoms with Gasteiger partial charge < -0.3 is 4.52 Å². The lowest BCUT2D eigenvalue weighted by Crippen LogP contribution is -2.40. The predicted octanol–water partition coefficient (Wildman–Crippen LogP) is 3.31. The summed E-state index contributed by atoms with van der Waals surface area (Å²) in [6.07, 6.45) is 6.79. The molecule has 1 aliphatic rings. The molecule has 1 atom stereocenters. The Balaban J connectivity index is 1.34. The lowest BCUT2D eigenvalue weighted by atomic mass is 9.94. The van der Waals surface area contributed by atoms with E-state index < -0.39 is 10.0 Å². The van der Waals surface area contributed by atoms with E-state index in [0.29, 0.717) is 37.1 Å². The Kier molecular flexibility index (Phi) is 6.01. The Hall–Kier alpha value is -2.58. The minimum Gasteiger partial charge on any atom is -0.334 e. The Bertz CT molecular complexity index is 1020. The molecule has 3 aromatic rings. The summed E-state index contributed by atoms with van der Waals surface area (Å²) in [5.74, 6) is 1.50. The van der Waals surface area contributed by atoms with E-state index in [1.807, 2.05) is 42.5 Å². The van der Waals surface area contributed by atoms with Crippen molar-refractivity contribution < 1.29 is 12.9 Å². The van der Waals surface area contributed by atoms with Crippen LogP contribution in [0.4, 0.5) is 0 Å². The highest BCUT2D eigenvalue weighted by molar-refractivity contribution is 7.88. The molecule has 1 aliphatic heterocycles. The van der Waals surface area contributed by atoms with Crippen molar-refractivity contribution >= 4 is 10.0 Å². The third-order valence-electron chi connectivity index (χ3n) is 5.24. The number of aromatic nitrogens is 3. The van der Waals surface area contributed by atoms with Gasteiger partial charge in [0.2, 0.25) is 10.0 Å². The van der Waals surface area contributed by atoms with Crippen LogP contribution in [0.2, 0.25) is 0 Å². The predicted molar refractivity (Wildman–Crippen MR) is 109 cm³/mol. The number of aryl methyl sites for hydroxylation is 1. The molecule has 0 spiro atoms. The van der Waals surface area contributed by atoms with Gasteiger partial charge in [-0.3, -0.25) is 4.98 Å². The molecule has 8 heteroatoms. The average Bonchev–Trinajstić information content (AvgIpc) is 3.23. The van der Waals surface area contributed by atoms with Gasteiger partial charge in [0, 0.05) is 37.5 Å². The lowest BCUT2D eigenvalue weighted by Gasteiger charge is -2.31. The fourth-order valence-corrected chi connectivity index (χ4v) is 5.33. The van der Waals surface area contributed by atoms with Crippen molar-refractivity contribution in [2.75, 3.05) is 13.1 Å². The Morgan fingerprint density at radius 2 is 1.90 bits per heavy atom. The number of nitrogens with zero attached hydrogens (tertiary/aromatic N) is 4. The number of piperidine rings is 1. The van der Waals surface area contributed by atoms with E-state index in [0.717, 1.165) is 30.4 Å². The molecule has 0 bridgehead atoms. The second-order valence-electron chi connectivity index (χ2n) is 7.40. The molecule has 4 rings (SSSR count). The SMILES string of the molecule is O=S(=O)(Cc1ccccc1)N1CCCC(CCc2noc(-c3ccncc3)n2)C1. The molecule has 1 aromatic carbocycles. The standard InChI is InChI=1S/C21H24N4O3S/c26-29(27,16-18-5-2-1-3-6-18)25-14-4-7-17(15-25)8-9-20-23-21(28-24-20)19-10-12-22-13-11-19/h1-3,5-6,10-13,17H,4,7-9,14-16H2. The second-order valence-corrected chi connectivity index (χ2v) is 9.37. The summed E-state index contributed by atoms with van der Waals surface area (Å²) in [5, 5.41) is 4.06. The van der Waals surface area contributed by atoms with E-state index in [1.54, 1.807) is 16.7 Å². The first-order valence-electron chi connectivity index (χ1n) is 9.85. The van der Waals surface area contributed by atoms with Crippen molar-refractivity contribution in [1.29, 1.82) is 0 Å². The van der Waals surface area contributed by atoms with Crippen LogP contribution in [0.5, 0.6) is 0 Å². The molecule has 0 amide bonds. The maximum atomic E-state index is 12.8. The molecule has 3 heterocycles. The Morgan fingerprint density at radius 1 is 1.10 bits per heavy atom. The molecule has 0 N–H and O–H groups in total. The second kappa shape index (κ2) is 8.84. The van der Waals surface area contributed by atoms with Crippen molar-refractivity contribution in [2.24, 2.45) is 5.92 Å². The summed E-state index contributed by atoms with van der Waals surface area (Å²) in [7, 11) is -3.31. The van der Waals surface area contributed by atoms with Crippen molar-refractivity contribution in [2.45, 2.75) is 31.4 Å². The zero-order valence-corrected chi connectivity index (χ0v) is 17.0. The van der Waals surface area contributed by atoms with E-state index in [1.165, 1.54) is 0 Å². The molecular formula is C21H24N4O3S. The van der Waals surface area contributed by atoms with Crippen LogP contribution in [0.15, 0.2) is 59.4 Å². The van der Waals surface area contributed by atoms with Gasteiger partial charge in [-0.1, -0.05) is 35.5 Å². The lowest BCUT2D eigenvalue weighted by molar-refractivity contribution is 0.254. The number of sulfonamides is 1. The van der Waals surface area contributed by atoms with Crippen molar-refractivity contribution in [3.8, 4) is 11.5 Å². The van der Waals surface area contributed by atoms with Gasteiger partial charge in [0.05, 0.1) is 5.75 Å². The van der Waals surface area contributed by atoms with Gasteiger partial charge in [0.15, 0.2) is 5.82 Å². The Morgan fingerprint density at radius 3 is 2.69 bits per heavy atom. The molecule has 0 radical (unpaired) electrons. The zero-order valence-electron chi connectivity index (χ0n) is 16.1. The van der Waals surface area contributed by atoms with Crippen molar-refractivity contribution in [1.82, 2.24) is 19.4 Å². The number of benzene rings is 1. The van der Waals surface area contributed by atoms with E-state index in [4.69, 9.17) is 4.52 Å². The van der Waals surface area contributed by atoms with Crippen LogP contribution in [0.25, 0.3) is 11.5 Å². The van der Waals surface area contributed by atoms with Gasteiger partial charge >= 0.3 is 0 Å². The first-order chi connectivity index (χ1) is 14.1. The van der Waals surface area contributed by atoms with Crippen LogP contribution in [0.3, 0.4) is 0 Å². The van der Waals surface area contributed by atoms with Crippen LogP contribution < -0.4 is 0 Å². The maximum Gasteiger partial charge on any atom is 0.258 e. The third-order valence-corrected chi connectivity index (χ3v) is 7.06. The highest BCUT2D eigenvalue weighted by atomic mass is 32.2. The van der Waals surface area contributed by atoms with Gasteiger partial charge in [-0.05, 0) is 42.9 Å². The number of pyridine rings is 1. The minimum absolute atomic E-state index is 0.0562. The summed E-state index contributed by atoms with van der Waals surface area (Å²) in [5.41, 5.74) is 1.67. The van der Waals surface area contributed by atoms with E-state index in [-0.39, 0.29) is 5.75 Å². The Labute approximate surface area is 170 Å². The van der Waals surface area contributed by atoms with Crippen molar-refractivity contribution in [3.63, 3.8) is 0 Å². The van der Waals surface area contributed by atoms with Gasteiger partial charge in [0.1, 0.15) is 0 Å². The third kappa shape index (κ3) is 5.07. The first-order valence-corrected chi connectivity index (χ1v) is 11.5. The normalized spacial score (nSPS) is 18.0. The molecule has 7 nitrogen and oxygen atoms in total. The molecule has 29 heavy (non-hydrogen) atoms. The van der Waals surface area contributed by atoms with E-state index >= 15 is 0 Å². The van der Waals surface area contributed by atoms with Crippen molar-refractivity contribution in [3.05, 3.63) is 66.2 Å². The monoisotopic (exact) mass is 412 g/mol. The summed E-state index contributed by atoms with van der Waals surface area (Å²) < 4.78 is 32.6. The molecule has 1 unspecified atom stereocenters. The van der Waals surface area contributed by atoms with Gasteiger partial charge in [-0.2, -0.15) is 4.98 Å². The minimum atomic E-state index is -3.31. The number of hydrogen-bond acceptors (Lipinski definition) is 6. The largest absolute Gasteiger partial charge is 0.334 e. The van der Waals surface area contributed by atoms with Crippen LogP contribution in [-0.2, 0) is 22.2 Å². The van der Waals surface area contributed by atoms with Crippen LogP contribution >= 0.6 is 0 Å². The molecular weight excluding hydrogens is 388 g/mol. The molecule has 1 saturated heterocycles. The number of hydrogen-bond donors (Lipinski definition) is 0. The first kappa shape index (κ1) is 19.7. The molecule has 0 aliphatic carbocycles.